The van der Waals surface area contributed by atoms with Gasteiger partial charge in [0.2, 0.25) is 0 Å². The average Bonchev–Trinajstić information content (AvgIpc) is 2.78. The number of hydrogen-bond acceptors (Lipinski definition) is 3. The second kappa shape index (κ2) is 11.6. The number of ether oxygens (including phenoxy) is 1. The quantitative estimate of drug-likeness (QED) is 0.508. The molecule has 2 N–H and O–H groups in total. The Kier molecular flexibility index (Phi) is 8.57. The van der Waals surface area contributed by atoms with Gasteiger partial charge in [-0.2, -0.15) is 0 Å². The average molecular weight is 409 g/mol. The smallest absolute Gasteiger partial charge is 0.191 e. The van der Waals surface area contributed by atoms with Gasteiger partial charge in [-0.25, -0.2) is 4.99 Å². The third-order valence-electron chi connectivity index (χ3n) is 5.54. The molecule has 0 radical (unpaired) electrons. The number of guanidine groups is 1. The van der Waals surface area contributed by atoms with Gasteiger partial charge < -0.3 is 20.3 Å². The van der Waals surface area contributed by atoms with Crippen molar-refractivity contribution in [2.75, 3.05) is 19.6 Å². The lowest BCUT2D eigenvalue weighted by Crippen LogP contribution is -2.49. The van der Waals surface area contributed by atoms with Gasteiger partial charge in [-0.1, -0.05) is 42.5 Å². The molecule has 30 heavy (non-hydrogen) atoms. The molecule has 1 saturated heterocycles. The topological polar surface area (TPSA) is 48.9 Å². The summed E-state index contributed by atoms with van der Waals surface area (Å²) in [6.07, 6.45) is 2.33. The first-order valence-electron chi connectivity index (χ1n) is 11.2. The zero-order valence-corrected chi connectivity index (χ0v) is 18.6. The van der Waals surface area contributed by atoms with E-state index >= 15 is 0 Å². The molecule has 0 unspecified atom stereocenters. The van der Waals surface area contributed by atoms with Crippen LogP contribution < -0.4 is 15.4 Å². The van der Waals surface area contributed by atoms with Crippen molar-refractivity contribution in [3.8, 4) is 5.75 Å². The van der Waals surface area contributed by atoms with Crippen molar-refractivity contribution in [2.45, 2.75) is 58.8 Å². The zero-order chi connectivity index (χ0) is 21.2. The van der Waals surface area contributed by atoms with E-state index in [9.17, 15) is 0 Å². The van der Waals surface area contributed by atoms with E-state index in [1.165, 1.54) is 11.1 Å². The largest absolute Gasteiger partial charge is 0.489 e. The monoisotopic (exact) mass is 408 g/mol. The van der Waals surface area contributed by atoms with Gasteiger partial charge >= 0.3 is 0 Å². The van der Waals surface area contributed by atoms with Gasteiger partial charge in [-0.3, -0.25) is 0 Å². The predicted molar refractivity (Wildman–Crippen MR) is 125 cm³/mol. The number of likely N-dealkylation sites (tertiary alicyclic amines) is 1. The predicted octanol–water partition coefficient (Wildman–Crippen LogP) is 4.19. The Morgan fingerprint density at radius 3 is 2.37 bits per heavy atom. The Balaban J connectivity index is 1.49. The molecule has 5 nitrogen and oxygen atoms in total. The van der Waals surface area contributed by atoms with Crippen LogP contribution in [0.1, 0.15) is 44.7 Å². The van der Waals surface area contributed by atoms with Crippen LogP contribution in [0.15, 0.2) is 59.6 Å². The molecule has 3 rings (SSSR count). The Morgan fingerprint density at radius 2 is 1.73 bits per heavy atom. The minimum Gasteiger partial charge on any atom is -0.489 e. The summed E-state index contributed by atoms with van der Waals surface area (Å²) in [4.78, 5) is 7.34. The molecule has 2 aromatic carbocycles. The summed E-state index contributed by atoms with van der Waals surface area (Å²) < 4.78 is 5.87. The van der Waals surface area contributed by atoms with Crippen LogP contribution in [0, 0.1) is 0 Å². The molecule has 0 aliphatic carbocycles. The van der Waals surface area contributed by atoms with Crippen LogP contribution in [0.25, 0.3) is 0 Å². The van der Waals surface area contributed by atoms with Gasteiger partial charge in [0.05, 0.1) is 6.54 Å². The molecule has 2 aromatic rings. The molecule has 1 heterocycles. The third kappa shape index (κ3) is 7.06. The van der Waals surface area contributed by atoms with Crippen LogP contribution in [0.2, 0.25) is 0 Å². The molecule has 1 fully saturated rings. The molecular weight excluding hydrogens is 372 g/mol. The van der Waals surface area contributed by atoms with Crippen LogP contribution in [0.5, 0.6) is 5.75 Å². The molecule has 0 saturated carbocycles. The molecule has 0 aromatic heterocycles. The lowest BCUT2D eigenvalue weighted by molar-refractivity contribution is 0.167. The summed E-state index contributed by atoms with van der Waals surface area (Å²) in [5.74, 6) is 1.79. The molecule has 0 bridgehead atoms. The number of piperidine rings is 1. The fraction of sp³-hybridized carbons (Fsp3) is 0.480. The molecular formula is C25H36N4O. The highest BCUT2D eigenvalue weighted by Crippen LogP contribution is 2.15. The van der Waals surface area contributed by atoms with Crippen LogP contribution in [0.4, 0.5) is 0 Å². The van der Waals surface area contributed by atoms with Crippen molar-refractivity contribution in [2.24, 2.45) is 4.99 Å². The maximum atomic E-state index is 5.87. The highest BCUT2D eigenvalue weighted by atomic mass is 16.5. The number of rotatable bonds is 8. The SMILES string of the molecule is CCNC(=NCc1ccc(OCc2ccccc2)cc1)NC1CCN(C(C)C)CC1. The first-order valence-corrected chi connectivity index (χ1v) is 11.2. The van der Waals surface area contributed by atoms with Crippen LogP contribution >= 0.6 is 0 Å². The van der Waals surface area contributed by atoms with Crippen molar-refractivity contribution in [1.82, 2.24) is 15.5 Å². The molecule has 0 atom stereocenters. The lowest BCUT2D eigenvalue weighted by Gasteiger charge is -2.35. The van der Waals surface area contributed by atoms with E-state index in [4.69, 9.17) is 9.73 Å². The number of nitrogens with zero attached hydrogens (tertiary/aromatic N) is 2. The van der Waals surface area contributed by atoms with Crippen molar-refractivity contribution in [3.63, 3.8) is 0 Å². The highest BCUT2D eigenvalue weighted by molar-refractivity contribution is 5.80. The second-order valence-corrected chi connectivity index (χ2v) is 8.16. The van der Waals surface area contributed by atoms with E-state index in [0.29, 0.717) is 25.2 Å². The highest BCUT2D eigenvalue weighted by Gasteiger charge is 2.21. The van der Waals surface area contributed by atoms with Crippen molar-refractivity contribution >= 4 is 5.96 Å². The standard InChI is InChI=1S/C25H36N4O/c1-4-26-25(28-23-14-16-29(17-15-23)20(2)3)27-18-21-10-12-24(13-11-21)30-19-22-8-6-5-7-9-22/h5-13,20,23H,4,14-19H2,1-3H3,(H2,26,27,28). The normalized spacial score (nSPS) is 15.9. The minimum atomic E-state index is 0.492. The summed E-state index contributed by atoms with van der Waals surface area (Å²) in [7, 11) is 0. The molecule has 5 heteroatoms. The molecule has 1 aliphatic heterocycles. The Hall–Kier alpha value is -2.53. The molecule has 0 spiro atoms. The first kappa shape index (κ1) is 22.2. The number of benzene rings is 2. The van der Waals surface area contributed by atoms with Gasteiger partial charge in [-0.05, 0) is 56.9 Å². The Morgan fingerprint density at radius 1 is 1.03 bits per heavy atom. The minimum absolute atomic E-state index is 0.492. The van der Waals surface area contributed by atoms with Crippen molar-refractivity contribution in [1.29, 1.82) is 0 Å². The van der Waals surface area contributed by atoms with Crippen LogP contribution in [-0.2, 0) is 13.2 Å². The summed E-state index contributed by atoms with van der Waals surface area (Å²) >= 11 is 0. The maximum Gasteiger partial charge on any atom is 0.191 e. The number of aliphatic imine (C=N–C) groups is 1. The van der Waals surface area contributed by atoms with Gasteiger partial charge in [0.15, 0.2) is 5.96 Å². The van der Waals surface area contributed by atoms with Gasteiger partial charge in [0.1, 0.15) is 12.4 Å². The van der Waals surface area contributed by atoms with Crippen molar-refractivity contribution < 1.29 is 4.74 Å². The van der Waals surface area contributed by atoms with Gasteiger partial charge in [0.25, 0.3) is 0 Å². The summed E-state index contributed by atoms with van der Waals surface area (Å²) in [5.41, 5.74) is 2.35. The summed E-state index contributed by atoms with van der Waals surface area (Å²) in [5, 5.41) is 7.01. The van der Waals surface area contributed by atoms with E-state index in [0.717, 1.165) is 44.2 Å². The van der Waals surface area contributed by atoms with E-state index in [-0.39, 0.29) is 0 Å². The van der Waals surface area contributed by atoms with Gasteiger partial charge in [0, 0.05) is 31.7 Å². The fourth-order valence-corrected chi connectivity index (χ4v) is 3.68. The lowest BCUT2D eigenvalue weighted by atomic mass is 10.0. The summed E-state index contributed by atoms with van der Waals surface area (Å²) in [6.45, 7) is 11.1. The van der Waals surface area contributed by atoms with E-state index < -0.39 is 0 Å². The second-order valence-electron chi connectivity index (χ2n) is 8.16. The Bertz CT molecular complexity index is 765. The van der Waals surface area contributed by atoms with Crippen LogP contribution in [-0.4, -0.2) is 42.6 Å². The Labute approximate surface area is 181 Å². The van der Waals surface area contributed by atoms with Gasteiger partial charge in [-0.15, -0.1) is 0 Å². The zero-order valence-electron chi connectivity index (χ0n) is 18.6. The van der Waals surface area contributed by atoms with E-state index in [2.05, 4.69) is 60.6 Å². The number of hydrogen-bond donors (Lipinski definition) is 2. The molecule has 1 aliphatic rings. The van der Waals surface area contributed by atoms with E-state index in [1.54, 1.807) is 0 Å². The molecule has 162 valence electrons. The third-order valence-corrected chi connectivity index (χ3v) is 5.54. The van der Waals surface area contributed by atoms with E-state index in [1.807, 2.05) is 30.3 Å². The van der Waals surface area contributed by atoms with Crippen LogP contribution in [0.3, 0.4) is 0 Å². The maximum absolute atomic E-state index is 5.87. The summed E-state index contributed by atoms with van der Waals surface area (Å²) in [6, 6.07) is 19.6. The number of nitrogens with one attached hydrogen (secondary N) is 2. The fourth-order valence-electron chi connectivity index (χ4n) is 3.68. The van der Waals surface area contributed by atoms with Crippen molar-refractivity contribution in [3.05, 3.63) is 65.7 Å². The first-order chi connectivity index (χ1) is 14.6. The molecule has 0 amide bonds.